The quantitative estimate of drug-likeness (QED) is 0.816. The zero-order valence-electron chi connectivity index (χ0n) is 16.0. The fourth-order valence-electron chi connectivity index (χ4n) is 3.29. The number of para-hydroxylation sites is 1. The Labute approximate surface area is 160 Å². The number of likely N-dealkylation sites (N-methyl/N-ethyl adjacent to an activating group) is 1. The van der Waals surface area contributed by atoms with Crippen molar-refractivity contribution in [2.75, 3.05) is 44.2 Å². The van der Waals surface area contributed by atoms with E-state index in [0.29, 0.717) is 31.0 Å². The summed E-state index contributed by atoms with van der Waals surface area (Å²) >= 11 is 0. The van der Waals surface area contributed by atoms with Crippen molar-refractivity contribution in [1.82, 2.24) is 14.8 Å². The van der Waals surface area contributed by atoms with E-state index in [1.165, 1.54) is 0 Å². The summed E-state index contributed by atoms with van der Waals surface area (Å²) < 4.78 is 0. The molecule has 142 valence electrons. The third-order valence-corrected chi connectivity index (χ3v) is 4.92. The zero-order valence-corrected chi connectivity index (χ0v) is 16.0. The van der Waals surface area contributed by atoms with Crippen LogP contribution in [0.3, 0.4) is 0 Å². The number of carbonyl (C=O) groups is 2. The number of benzene rings is 1. The predicted molar refractivity (Wildman–Crippen MR) is 106 cm³/mol. The summed E-state index contributed by atoms with van der Waals surface area (Å²) in [6.07, 6.45) is 0. The lowest BCUT2D eigenvalue weighted by Crippen LogP contribution is -2.48. The Morgan fingerprint density at radius 2 is 1.59 bits per heavy atom. The monoisotopic (exact) mass is 366 g/mol. The highest BCUT2D eigenvalue weighted by atomic mass is 16.2. The minimum absolute atomic E-state index is 0.108. The maximum Gasteiger partial charge on any atom is 0.276 e. The number of piperazine rings is 1. The van der Waals surface area contributed by atoms with Gasteiger partial charge in [-0.2, -0.15) is 0 Å². The molecule has 0 aliphatic carbocycles. The van der Waals surface area contributed by atoms with Gasteiger partial charge < -0.3 is 14.7 Å². The zero-order chi connectivity index (χ0) is 19.2. The van der Waals surface area contributed by atoms with Gasteiger partial charge in [-0.1, -0.05) is 31.2 Å². The van der Waals surface area contributed by atoms with Gasteiger partial charge in [0, 0.05) is 38.4 Å². The number of rotatable bonds is 5. The van der Waals surface area contributed by atoms with Crippen molar-refractivity contribution in [3.05, 3.63) is 59.9 Å². The van der Waals surface area contributed by atoms with Gasteiger partial charge in [0.05, 0.1) is 0 Å². The molecule has 6 heteroatoms. The van der Waals surface area contributed by atoms with E-state index in [-0.39, 0.29) is 11.8 Å². The van der Waals surface area contributed by atoms with Gasteiger partial charge in [0.25, 0.3) is 11.8 Å². The van der Waals surface area contributed by atoms with Gasteiger partial charge in [0.1, 0.15) is 11.4 Å². The van der Waals surface area contributed by atoms with Gasteiger partial charge in [-0.05, 0) is 37.7 Å². The normalized spacial score (nSPS) is 14.8. The van der Waals surface area contributed by atoms with Crippen LogP contribution >= 0.6 is 0 Å². The SMILES string of the molecule is CCN1CCN(C(=O)c2cccc(C(=O)N(CC)c3ccccc3)n2)CC1. The minimum atomic E-state index is -0.200. The van der Waals surface area contributed by atoms with Crippen molar-refractivity contribution in [2.24, 2.45) is 0 Å². The highest BCUT2D eigenvalue weighted by Gasteiger charge is 2.24. The molecule has 1 aromatic carbocycles. The second-order valence-electron chi connectivity index (χ2n) is 6.52. The summed E-state index contributed by atoms with van der Waals surface area (Å²) in [5, 5.41) is 0. The Hall–Kier alpha value is -2.73. The fourth-order valence-corrected chi connectivity index (χ4v) is 3.29. The molecule has 1 aliphatic rings. The van der Waals surface area contributed by atoms with E-state index < -0.39 is 0 Å². The number of hydrogen-bond acceptors (Lipinski definition) is 4. The predicted octanol–water partition coefficient (Wildman–Crippen LogP) is 2.53. The van der Waals surface area contributed by atoms with Crippen LogP contribution in [-0.2, 0) is 0 Å². The first-order chi connectivity index (χ1) is 13.1. The number of pyridine rings is 1. The third kappa shape index (κ3) is 4.34. The molecule has 1 fully saturated rings. The molecule has 27 heavy (non-hydrogen) atoms. The van der Waals surface area contributed by atoms with Crippen molar-refractivity contribution in [2.45, 2.75) is 13.8 Å². The van der Waals surface area contributed by atoms with Crippen LogP contribution in [0.1, 0.15) is 34.8 Å². The number of carbonyl (C=O) groups excluding carboxylic acids is 2. The highest BCUT2D eigenvalue weighted by Crippen LogP contribution is 2.16. The molecule has 1 aliphatic heterocycles. The van der Waals surface area contributed by atoms with Crippen molar-refractivity contribution >= 4 is 17.5 Å². The standard InChI is InChI=1S/C21H26N4O2/c1-3-23-13-15-24(16-14-23)20(26)18-11-8-12-19(22-18)21(27)25(4-2)17-9-6-5-7-10-17/h5-12H,3-4,13-16H2,1-2H3. The van der Waals surface area contributed by atoms with Gasteiger partial charge in [-0.3, -0.25) is 9.59 Å². The van der Waals surface area contributed by atoms with Crippen LogP contribution in [0, 0.1) is 0 Å². The molecule has 2 aromatic rings. The molecule has 2 heterocycles. The van der Waals surface area contributed by atoms with Crippen molar-refractivity contribution in [3.8, 4) is 0 Å². The van der Waals surface area contributed by atoms with Crippen molar-refractivity contribution in [1.29, 1.82) is 0 Å². The average Bonchev–Trinajstić information content (AvgIpc) is 2.74. The van der Waals surface area contributed by atoms with Crippen LogP contribution in [0.15, 0.2) is 48.5 Å². The molecule has 0 radical (unpaired) electrons. The highest BCUT2D eigenvalue weighted by molar-refractivity contribution is 6.05. The van der Waals surface area contributed by atoms with Gasteiger partial charge in [0.2, 0.25) is 0 Å². The summed E-state index contributed by atoms with van der Waals surface area (Å²) in [5.41, 5.74) is 1.44. The smallest absolute Gasteiger partial charge is 0.276 e. The van der Waals surface area contributed by atoms with Crippen molar-refractivity contribution in [3.63, 3.8) is 0 Å². The van der Waals surface area contributed by atoms with Crippen LogP contribution in [0.2, 0.25) is 0 Å². The van der Waals surface area contributed by atoms with Crippen LogP contribution in [0.5, 0.6) is 0 Å². The van der Waals surface area contributed by atoms with Crippen LogP contribution in [-0.4, -0.2) is 65.9 Å². The summed E-state index contributed by atoms with van der Waals surface area (Å²) in [6.45, 7) is 8.71. The number of amides is 2. The summed E-state index contributed by atoms with van der Waals surface area (Å²) in [4.78, 5) is 35.9. The summed E-state index contributed by atoms with van der Waals surface area (Å²) in [5.74, 6) is -0.308. The molecule has 2 amide bonds. The van der Waals surface area contributed by atoms with Gasteiger partial charge in [-0.15, -0.1) is 0 Å². The maximum absolute atomic E-state index is 12.9. The molecule has 0 N–H and O–H groups in total. The molecule has 0 atom stereocenters. The Balaban J connectivity index is 1.77. The average molecular weight is 366 g/mol. The second kappa shape index (κ2) is 8.77. The Bertz CT molecular complexity index is 786. The van der Waals surface area contributed by atoms with Gasteiger partial charge >= 0.3 is 0 Å². The largest absolute Gasteiger partial charge is 0.335 e. The Morgan fingerprint density at radius 1 is 0.926 bits per heavy atom. The van der Waals surface area contributed by atoms with E-state index in [1.807, 2.05) is 42.2 Å². The Kier molecular flexibility index (Phi) is 6.19. The van der Waals surface area contributed by atoms with Crippen molar-refractivity contribution < 1.29 is 9.59 Å². The molecule has 0 spiro atoms. The topological polar surface area (TPSA) is 56.8 Å². The Morgan fingerprint density at radius 3 is 2.22 bits per heavy atom. The minimum Gasteiger partial charge on any atom is -0.335 e. The number of nitrogens with zero attached hydrogens (tertiary/aromatic N) is 4. The lowest BCUT2D eigenvalue weighted by atomic mass is 10.2. The van der Waals surface area contributed by atoms with E-state index in [9.17, 15) is 9.59 Å². The number of aromatic nitrogens is 1. The van der Waals surface area contributed by atoms with E-state index in [0.717, 1.165) is 25.3 Å². The first-order valence-electron chi connectivity index (χ1n) is 9.49. The summed E-state index contributed by atoms with van der Waals surface area (Å²) in [6, 6.07) is 14.6. The first kappa shape index (κ1) is 19.0. The van der Waals surface area contributed by atoms with Crippen LogP contribution in [0.25, 0.3) is 0 Å². The van der Waals surface area contributed by atoms with E-state index in [4.69, 9.17) is 0 Å². The molecule has 3 rings (SSSR count). The second-order valence-corrected chi connectivity index (χ2v) is 6.52. The molecule has 0 unspecified atom stereocenters. The van der Waals surface area contributed by atoms with Crippen LogP contribution in [0.4, 0.5) is 5.69 Å². The van der Waals surface area contributed by atoms with E-state index >= 15 is 0 Å². The fraction of sp³-hybridized carbons (Fsp3) is 0.381. The molecule has 0 bridgehead atoms. The van der Waals surface area contributed by atoms with Gasteiger partial charge in [-0.25, -0.2) is 4.98 Å². The molecular weight excluding hydrogens is 340 g/mol. The molecular formula is C21H26N4O2. The lowest BCUT2D eigenvalue weighted by Gasteiger charge is -2.33. The third-order valence-electron chi connectivity index (χ3n) is 4.92. The van der Waals surface area contributed by atoms with E-state index in [1.54, 1.807) is 23.1 Å². The first-order valence-corrected chi connectivity index (χ1v) is 9.49. The molecule has 1 aromatic heterocycles. The lowest BCUT2D eigenvalue weighted by molar-refractivity contribution is 0.0637. The molecule has 0 saturated carbocycles. The number of anilines is 1. The van der Waals surface area contributed by atoms with Gasteiger partial charge in [0.15, 0.2) is 0 Å². The molecule has 6 nitrogen and oxygen atoms in total. The molecule has 1 saturated heterocycles. The van der Waals surface area contributed by atoms with Crippen LogP contribution < -0.4 is 4.90 Å². The maximum atomic E-state index is 12.9. The number of hydrogen-bond donors (Lipinski definition) is 0. The van der Waals surface area contributed by atoms with E-state index in [2.05, 4.69) is 16.8 Å². The summed E-state index contributed by atoms with van der Waals surface area (Å²) in [7, 11) is 0.